The van der Waals surface area contributed by atoms with Crippen LogP contribution in [0.4, 0.5) is 27.6 Å². The monoisotopic (exact) mass is 429 g/mol. The molecule has 0 spiro atoms. The highest BCUT2D eigenvalue weighted by molar-refractivity contribution is 7.12. The highest BCUT2D eigenvalue weighted by Crippen LogP contribution is 2.28. The summed E-state index contributed by atoms with van der Waals surface area (Å²) < 4.78 is 77.5. The topological polar surface area (TPSA) is 47.6 Å². The number of ether oxygens (including phenoxy) is 2. The summed E-state index contributed by atoms with van der Waals surface area (Å²) in [5, 5.41) is 3.29. The van der Waals surface area contributed by atoms with Crippen LogP contribution >= 0.6 is 11.3 Å². The number of anilines is 1. The molecule has 0 saturated heterocycles. The molecule has 0 atom stereocenters. The fourth-order valence-corrected chi connectivity index (χ4v) is 3.09. The summed E-state index contributed by atoms with van der Waals surface area (Å²) in [6.07, 6.45) is 0. The standard InChI is InChI=1S/C19H12F5NO3S/c1-27-10-2-4-11(5-3-10)28-7-9-6-12(29-8-9)19(26)25-18-16(23)14(21)13(20)15(22)17(18)24/h2-6,8H,7H2,1H3,(H,25,26). The minimum atomic E-state index is -2.30. The molecule has 1 aromatic heterocycles. The van der Waals surface area contributed by atoms with Crippen molar-refractivity contribution in [1.82, 2.24) is 0 Å². The summed E-state index contributed by atoms with van der Waals surface area (Å²) >= 11 is 0.923. The van der Waals surface area contributed by atoms with Gasteiger partial charge in [-0.3, -0.25) is 4.79 Å². The predicted molar refractivity (Wildman–Crippen MR) is 95.8 cm³/mol. The molecule has 152 valence electrons. The normalized spacial score (nSPS) is 10.7. The fraction of sp³-hybridized carbons (Fsp3) is 0.105. The van der Waals surface area contributed by atoms with Gasteiger partial charge in [0.05, 0.1) is 12.0 Å². The van der Waals surface area contributed by atoms with Gasteiger partial charge in [-0.15, -0.1) is 11.3 Å². The van der Waals surface area contributed by atoms with Crippen molar-refractivity contribution in [3.05, 3.63) is 75.2 Å². The van der Waals surface area contributed by atoms with Crippen LogP contribution in [0.5, 0.6) is 11.5 Å². The summed E-state index contributed by atoms with van der Waals surface area (Å²) in [5.74, 6) is -10.6. The zero-order chi connectivity index (χ0) is 21.1. The van der Waals surface area contributed by atoms with E-state index < -0.39 is 40.7 Å². The van der Waals surface area contributed by atoms with E-state index in [1.54, 1.807) is 35.0 Å². The summed E-state index contributed by atoms with van der Waals surface area (Å²) in [7, 11) is 1.53. The molecular formula is C19H12F5NO3S. The van der Waals surface area contributed by atoms with Gasteiger partial charge in [0.15, 0.2) is 23.3 Å². The third-order valence-corrected chi connectivity index (χ3v) is 4.77. The van der Waals surface area contributed by atoms with E-state index in [4.69, 9.17) is 9.47 Å². The van der Waals surface area contributed by atoms with E-state index in [1.165, 1.54) is 13.2 Å². The Morgan fingerprint density at radius 2 is 1.48 bits per heavy atom. The summed E-state index contributed by atoms with van der Waals surface area (Å²) in [5.41, 5.74) is -0.829. The van der Waals surface area contributed by atoms with E-state index in [1.807, 2.05) is 0 Å². The number of rotatable bonds is 6. The number of benzene rings is 2. The van der Waals surface area contributed by atoms with Crippen LogP contribution in [0.15, 0.2) is 35.7 Å². The number of carbonyl (C=O) groups is 1. The van der Waals surface area contributed by atoms with E-state index in [-0.39, 0.29) is 11.5 Å². The number of thiophene rings is 1. The lowest BCUT2D eigenvalue weighted by molar-refractivity contribution is 0.102. The number of nitrogens with one attached hydrogen (secondary N) is 1. The Labute approximate surface area is 165 Å². The Balaban J connectivity index is 1.70. The number of carbonyl (C=O) groups excluding carboxylic acids is 1. The average Bonchev–Trinajstić information content (AvgIpc) is 3.22. The molecular weight excluding hydrogens is 417 g/mol. The molecule has 0 bridgehead atoms. The molecule has 0 saturated carbocycles. The molecule has 0 unspecified atom stereocenters. The molecule has 10 heteroatoms. The van der Waals surface area contributed by atoms with Crippen LogP contribution in [0.25, 0.3) is 0 Å². The Hall–Kier alpha value is -3.14. The average molecular weight is 429 g/mol. The molecule has 0 fully saturated rings. The second kappa shape index (κ2) is 8.48. The summed E-state index contributed by atoms with van der Waals surface area (Å²) in [6, 6.07) is 8.15. The lowest BCUT2D eigenvalue weighted by Gasteiger charge is -2.09. The van der Waals surface area contributed by atoms with Gasteiger partial charge in [-0.1, -0.05) is 0 Å². The van der Waals surface area contributed by atoms with Crippen molar-refractivity contribution in [1.29, 1.82) is 0 Å². The van der Waals surface area contributed by atoms with Gasteiger partial charge >= 0.3 is 0 Å². The van der Waals surface area contributed by atoms with Crippen molar-refractivity contribution in [3.63, 3.8) is 0 Å². The number of halogens is 5. The van der Waals surface area contributed by atoms with E-state index in [9.17, 15) is 26.7 Å². The van der Waals surface area contributed by atoms with Crippen LogP contribution in [0.2, 0.25) is 0 Å². The van der Waals surface area contributed by atoms with Crippen LogP contribution in [0, 0.1) is 29.1 Å². The molecule has 1 amide bonds. The lowest BCUT2D eigenvalue weighted by atomic mass is 10.2. The zero-order valence-electron chi connectivity index (χ0n) is 14.7. The van der Waals surface area contributed by atoms with Crippen molar-refractivity contribution >= 4 is 22.9 Å². The SMILES string of the molecule is COc1ccc(OCc2csc(C(=O)Nc3c(F)c(F)c(F)c(F)c3F)c2)cc1. The largest absolute Gasteiger partial charge is 0.497 e. The van der Waals surface area contributed by atoms with Crippen molar-refractivity contribution in [2.75, 3.05) is 12.4 Å². The van der Waals surface area contributed by atoms with Gasteiger partial charge in [0.2, 0.25) is 5.82 Å². The summed E-state index contributed by atoms with van der Waals surface area (Å²) in [6.45, 7) is 0.0959. The van der Waals surface area contributed by atoms with Gasteiger partial charge < -0.3 is 14.8 Å². The molecule has 0 aliphatic heterocycles. The highest BCUT2D eigenvalue weighted by atomic mass is 32.1. The Morgan fingerprint density at radius 1 is 0.931 bits per heavy atom. The molecule has 1 N–H and O–H groups in total. The predicted octanol–water partition coefficient (Wildman–Crippen LogP) is 5.28. The molecule has 0 aliphatic carbocycles. The minimum absolute atomic E-state index is 0.00210. The maximum atomic E-state index is 13.7. The number of methoxy groups -OCH3 is 1. The second-order valence-corrected chi connectivity index (χ2v) is 6.59. The Bertz CT molecular complexity index is 1020. The Kier molecular flexibility index (Phi) is 6.02. The first-order chi connectivity index (χ1) is 13.8. The van der Waals surface area contributed by atoms with E-state index in [2.05, 4.69) is 0 Å². The number of hydrogen-bond donors (Lipinski definition) is 1. The van der Waals surface area contributed by atoms with Crippen LogP contribution in [-0.4, -0.2) is 13.0 Å². The van der Waals surface area contributed by atoms with Crippen LogP contribution in [0.3, 0.4) is 0 Å². The second-order valence-electron chi connectivity index (χ2n) is 5.68. The van der Waals surface area contributed by atoms with E-state index in [0.717, 1.165) is 11.3 Å². The van der Waals surface area contributed by atoms with E-state index >= 15 is 0 Å². The molecule has 4 nitrogen and oxygen atoms in total. The smallest absolute Gasteiger partial charge is 0.265 e. The van der Waals surface area contributed by atoms with Crippen LogP contribution in [0.1, 0.15) is 15.2 Å². The number of amides is 1. The third-order valence-electron chi connectivity index (χ3n) is 3.79. The molecule has 2 aromatic carbocycles. The van der Waals surface area contributed by atoms with Gasteiger partial charge in [0, 0.05) is 5.56 Å². The lowest BCUT2D eigenvalue weighted by Crippen LogP contribution is -2.16. The Morgan fingerprint density at radius 3 is 2.07 bits per heavy atom. The van der Waals surface area contributed by atoms with Crippen LogP contribution < -0.4 is 14.8 Å². The summed E-state index contributed by atoms with van der Waals surface area (Å²) in [4.78, 5) is 12.2. The number of hydrogen-bond acceptors (Lipinski definition) is 4. The quantitative estimate of drug-likeness (QED) is 0.329. The minimum Gasteiger partial charge on any atom is -0.497 e. The first-order valence-electron chi connectivity index (χ1n) is 7.98. The maximum Gasteiger partial charge on any atom is 0.265 e. The van der Waals surface area contributed by atoms with Gasteiger partial charge in [0.25, 0.3) is 5.91 Å². The first kappa shape index (κ1) is 20.6. The van der Waals surface area contributed by atoms with Crippen molar-refractivity contribution in [3.8, 4) is 11.5 Å². The molecule has 1 heterocycles. The van der Waals surface area contributed by atoms with Crippen LogP contribution in [-0.2, 0) is 6.61 Å². The molecule has 0 radical (unpaired) electrons. The maximum absolute atomic E-state index is 13.7. The molecule has 3 rings (SSSR count). The molecule has 3 aromatic rings. The zero-order valence-corrected chi connectivity index (χ0v) is 15.5. The van der Waals surface area contributed by atoms with Crippen molar-refractivity contribution in [2.24, 2.45) is 0 Å². The van der Waals surface area contributed by atoms with Gasteiger partial charge in [-0.2, -0.15) is 0 Å². The van der Waals surface area contributed by atoms with E-state index in [0.29, 0.717) is 17.1 Å². The molecule has 29 heavy (non-hydrogen) atoms. The van der Waals surface area contributed by atoms with Gasteiger partial charge in [0.1, 0.15) is 23.8 Å². The van der Waals surface area contributed by atoms with Crippen molar-refractivity contribution < 1.29 is 36.2 Å². The molecule has 0 aliphatic rings. The van der Waals surface area contributed by atoms with Gasteiger partial charge in [-0.05, 0) is 35.7 Å². The third kappa shape index (κ3) is 4.32. The van der Waals surface area contributed by atoms with Crippen molar-refractivity contribution in [2.45, 2.75) is 6.61 Å². The van der Waals surface area contributed by atoms with Gasteiger partial charge in [-0.25, -0.2) is 22.0 Å². The fourth-order valence-electron chi connectivity index (χ4n) is 2.30. The first-order valence-corrected chi connectivity index (χ1v) is 8.86. The highest BCUT2D eigenvalue weighted by Gasteiger charge is 2.27.